The van der Waals surface area contributed by atoms with Crippen molar-refractivity contribution >= 4 is 120 Å². The van der Waals surface area contributed by atoms with Crippen molar-refractivity contribution in [2.24, 2.45) is 0 Å². The van der Waals surface area contributed by atoms with Crippen LogP contribution in [0.2, 0.25) is 0 Å². The van der Waals surface area contributed by atoms with E-state index in [1.165, 1.54) is 5.39 Å². The first kappa shape index (κ1) is 48.4. The van der Waals surface area contributed by atoms with Crippen molar-refractivity contribution in [2.75, 3.05) is 0 Å². The van der Waals surface area contributed by atoms with E-state index in [-0.39, 0.29) is 59.5 Å². The molecule has 0 atom stereocenters. The summed E-state index contributed by atoms with van der Waals surface area (Å²) >= 11 is 0. The van der Waals surface area contributed by atoms with Gasteiger partial charge in [-0.3, -0.25) is 0 Å². The van der Waals surface area contributed by atoms with Gasteiger partial charge in [0.1, 0.15) is 33.5 Å². The maximum atomic E-state index is 8.94. The maximum absolute atomic E-state index is 8.94. The fourth-order valence-corrected chi connectivity index (χ4v) is 15.8. The second-order valence-electron chi connectivity index (χ2n) is 25.6. The summed E-state index contributed by atoms with van der Waals surface area (Å²) in [7, 11) is 0. The van der Waals surface area contributed by atoms with Gasteiger partial charge in [0.25, 0.3) is 0 Å². The Morgan fingerprint density at radius 3 is 0.960 bits per heavy atom. The summed E-state index contributed by atoms with van der Waals surface area (Å²) in [5.74, 6) is 0. The molecule has 21 aromatic rings. The zero-order chi connectivity index (χ0) is 75.2. The smallest absolute Gasteiger partial charge is 0.136 e. The van der Waals surface area contributed by atoms with Gasteiger partial charge in [0.2, 0.25) is 0 Å². The lowest BCUT2D eigenvalue weighted by atomic mass is 9.84. The molecular weight excluding hydrogens is 1230 g/mol. The fourth-order valence-electron chi connectivity index (χ4n) is 15.8. The number of furan rings is 3. The van der Waals surface area contributed by atoms with Crippen molar-refractivity contribution in [3.05, 3.63) is 364 Å². The Hall–Kier alpha value is -13.3. The SMILES string of the molecule is [2H]c1c([2H])c([2H])c(-c2c3ccccc3c(-c3cccc(-c4ccc5oc6ccccc6c5c4-c4ccc5c(c4)oc4ccccc45)c3)c3ccccc23)c([2H])c1[2H].[2H]c1c([2H])c([2H])c(-c2c3ccccc3c(-c3cccc(-c4ccc5oc6ccccc6c5c4-c4ccc5ccccc5c4)c3)c3ccccc23)c([2H])c1[2H]. The highest BCUT2D eigenvalue weighted by molar-refractivity contribution is 6.24. The summed E-state index contributed by atoms with van der Waals surface area (Å²) in [5, 5.41) is 15.6. The zero-order valence-corrected chi connectivity index (χ0v) is 54.1. The average Bonchev–Trinajstić information content (AvgIpc) is 1.61. The molecule has 3 aromatic heterocycles. The molecule has 21 rings (SSSR count). The quantitative estimate of drug-likeness (QED) is 0.142. The Kier molecular flexibility index (Phi) is 11.4. The van der Waals surface area contributed by atoms with E-state index in [1.54, 1.807) is 0 Å². The Bertz CT molecular complexity index is 7380. The molecule has 0 saturated heterocycles. The topological polar surface area (TPSA) is 39.4 Å². The van der Waals surface area contributed by atoms with Crippen molar-refractivity contribution in [3.63, 3.8) is 0 Å². The lowest BCUT2D eigenvalue weighted by molar-refractivity contribution is 0.668. The van der Waals surface area contributed by atoms with Gasteiger partial charge in [0, 0.05) is 43.4 Å². The molecule has 0 amide bonds. The number of fused-ring (bicyclic) bond motifs is 14. The first-order chi connectivity index (χ1) is 54.3. The number of para-hydroxylation sites is 3. The molecule has 3 heteroatoms. The van der Waals surface area contributed by atoms with E-state index in [4.69, 9.17) is 27.0 Å². The molecular formula is C98H60O3. The van der Waals surface area contributed by atoms with Crippen LogP contribution in [0, 0.1) is 0 Å². The molecule has 3 nitrogen and oxygen atoms in total. The summed E-state index contributed by atoms with van der Waals surface area (Å²) in [6.07, 6.45) is 0. The largest absolute Gasteiger partial charge is 0.456 e. The molecule has 18 aromatic carbocycles. The monoisotopic (exact) mass is 1290 g/mol. The van der Waals surface area contributed by atoms with Crippen molar-refractivity contribution in [3.8, 4) is 89.0 Å². The van der Waals surface area contributed by atoms with Gasteiger partial charge in [0.15, 0.2) is 0 Å². The predicted octanol–water partition coefficient (Wildman–Crippen LogP) is 28.2. The van der Waals surface area contributed by atoms with Crippen LogP contribution >= 0.6 is 0 Å². The molecule has 0 radical (unpaired) electrons. The molecule has 470 valence electrons. The van der Waals surface area contributed by atoms with Crippen LogP contribution in [0.3, 0.4) is 0 Å². The lowest BCUT2D eigenvalue weighted by Gasteiger charge is -2.19. The molecule has 0 saturated carbocycles. The molecule has 0 aliphatic carbocycles. The third-order valence-corrected chi connectivity index (χ3v) is 20.1. The number of hydrogen-bond acceptors (Lipinski definition) is 3. The van der Waals surface area contributed by atoms with Gasteiger partial charge in [-0.15, -0.1) is 0 Å². The van der Waals surface area contributed by atoms with E-state index in [1.807, 2.05) is 121 Å². The van der Waals surface area contributed by atoms with Crippen molar-refractivity contribution in [1.82, 2.24) is 0 Å². The highest BCUT2D eigenvalue weighted by atomic mass is 16.3. The molecule has 0 spiro atoms. The van der Waals surface area contributed by atoms with Gasteiger partial charge >= 0.3 is 0 Å². The van der Waals surface area contributed by atoms with Gasteiger partial charge in [-0.25, -0.2) is 0 Å². The summed E-state index contributed by atoms with van der Waals surface area (Å²) in [5.41, 5.74) is 19.1. The van der Waals surface area contributed by atoms with E-state index in [2.05, 4.69) is 182 Å². The minimum atomic E-state index is -0.408. The minimum Gasteiger partial charge on any atom is -0.456 e. The highest BCUT2D eigenvalue weighted by Crippen LogP contribution is 2.51. The van der Waals surface area contributed by atoms with E-state index in [0.717, 1.165) is 181 Å². The summed E-state index contributed by atoms with van der Waals surface area (Å²) in [6, 6.07) is 100. The molecule has 0 aliphatic heterocycles. The maximum Gasteiger partial charge on any atom is 0.136 e. The Morgan fingerprint density at radius 1 is 0.178 bits per heavy atom. The van der Waals surface area contributed by atoms with Crippen molar-refractivity contribution in [1.29, 1.82) is 0 Å². The molecule has 0 bridgehead atoms. The third kappa shape index (κ3) is 9.58. The lowest BCUT2D eigenvalue weighted by Crippen LogP contribution is -1.92. The Balaban J connectivity index is 0.000000145. The first-order valence-corrected chi connectivity index (χ1v) is 33.8. The summed E-state index contributed by atoms with van der Waals surface area (Å²) in [6.45, 7) is 0. The van der Waals surface area contributed by atoms with Crippen LogP contribution in [-0.2, 0) is 0 Å². The van der Waals surface area contributed by atoms with Crippen LogP contribution in [0.1, 0.15) is 13.7 Å². The Labute approximate surface area is 596 Å². The van der Waals surface area contributed by atoms with E-state index in [0.29, 0.717) is 11.1 Å². The minimum absolute atomic E-state index is 0.195. The molecule has 0 N–H and O–H groups in total. The molecule has 0 unspecified atom stereocenters. The number of hydrogen-bond donors (Lipinski definition) is 0. The first-order valence-electron chi connectivity index (χ1n) is 38.8. The van der Waals surface area contributed by atoms with Crippen LogP contribution in [0.15, 0.2) is 377 Å². The van der Waals surface area contributed by atoms with E-state index >= 15 is 0 Å². The zero-order valence-electron chi connectivity index (χ0n) is 64.1. The van der Waals surface area contributed by atoms with Gasteiger partial charge in [-0.05, 0) is 192 Å². The number of benzene rings is 18. The predicted molar refractivity (Wildman–Crippen MR) is 426 cm³/mol. The van der Waals surface area contributed by atoms with Crippen molar-refractivity contribution in [2.45, 2.75) is 0 Å². The second-order valence-corrected chi connectivity index (χ2v) is 25.6. The van der Waals surface area contributed by atoms with E-state index < -0.39 is 12.1 Å². The van der Waals surface area contributed by atoms with Crippen LogP contribution in [0.5, 0.6) is 0 Å². The summed E-state index contributed by atoms with van der Waals surface area (Å²) in [4.78, 5) is 0. The van der Waals surface area contributed by atoms with Gasteiger partial charge in [-0.2, -0.15) is 0 Å². The van der Waals surface area contributed by atoms with Crippen molar-refractivity contribution < 1.29 is 27.0 Å². The van der Waals surface area contributed by atoms with Gasteiger partial charge in [-0.1, -0.05) is 303 Å². The van der Waals surface area contributed by atoms with Crippen LogP contribution < -0.4 is 0 Å². The normalized spacial score (nSPS) is 13.1. The summed E-state index contributed by atoms with van der Waals surface area (Å²) < 4.78 is 105. The van der Waals surface area contributed by atoms with Crippen LogP contribution in [-0.4, -0.2) is 0 Å². The molecule has 101 heavy (non-hydrogen) atoms. The molecule has 3 heterocycles. The number of rotatable bonds is 8. The van der Waals surface area contributed by atoms with Gasteiger partial charge in [0.05, 0.1) is 13.7 Å². The van der Waals surface area contributed by atoms with E-state index in [9.17, 15) is 0 Å². The average molecular weight is 1300 g/mol. The second kappa shape index (κ2) is 23.7. The highest BCUT2D eigenvalue weighted by Gasteiger charge is 2.24. The van der Waals surface area contributed by atoms with Gasteiger partial charge < -0.3 is 13.3 Å². The molecule has 0 aliphatic rings. The van der Waals surface area contributed by atoms with Crippen LogP contribution in [0.4, 0.5) is 0 Å². The Morgan fingerprint density at radius 2 is 0.505 bits per heavy atom. The fraction of sp³-hybridized carbons (Fsp3) is 0. The molecule has 0 fully saturated rings. The standard InChI is InChI=1S/C50H30O2.C48H30O/c1-2-13-31(14-3-1)47-38-18-4-6-20-40(38)48(41-21-7-5-19-39(41)47)33-16-12-15-32(29-33)35-27-28-45-50(42-22-9-11-24-44(42)51-45)49(35)34-25-26-37-36-17-8-10-23-43(36)52-46(37)30-34;1-2-14-32(15-3-1)45-38-19-6-8-21-40(38)46(41-22-9-7-20-39(41)45)35-18-12-17-34(30-35)37-27-28-44-48(42-23-10-11-24-43(42)49-44)47(37)36-26-25-31-13-4-5-16-33(31)29-36/h1-30H;1-30H/i1D,2D,3D,13D,14D;1D,2D,3D,14D,15D. The third-order valence-electron chi connectivity index (χ3n) is 20.1. The van der Waals surface area contributed by atoms with Crippen LogP contribution in [0.25, 0.3) is 209 Å².